The van der Waals surface area contributed by atoms with Crippen LogP contribution in [0.2, 0.25) is 0 Å². The van der Waals surface area contributed by atoms with Crippen molar-refractivity contribution in [2.75, 3.05) is 13.2 Å². The lowest BCUT2D eigenvalue weighted by atomic mass is 10.1. The molecule has 0 aliphatic carbocycles. The Morgan fingerprint density at radius 1 is 1.06 bits per heavy atom. The number of carbonyl (C=O) groups is 1. The molecule has 0 aliphatic rings. The molecule has 0 saturated carbocycles. The lowest BCUT2D eigenvalue weighted by molar-refractivity contribution is 0.0495. The molecule has 0 amide bonds. The summed E-state index contributed by atoms with van der Waals surface area (Å²) in [6, 6.07) is 13.3. The smallest absolute Gasteiger partial charge is 0.338 e. The average molecular weight is 244 g/mol. The van der Waals surface area contributed by atoms with Gasteiger partial charge in [-0.05, 0) is 29.7 Å². The molecule has 0 bridgehead atoms. The van der Waals surface area contributed by atoms with Gasteiger partial charge >= 0.3 is 5.97 Å². The van der Waals surface area contributed by atoms with E-state index in [1.54, 1.807) is 6.07 Å². The van der Waals surface area contributed by atoms with Crippen molar-refractivity contribution in [3.8, 4) is 0 Å². The highest BCUT2D eigenvalue weighted by Gasteiger charge is 2.10. The number of hydrogen-bond acceptors (Lipinski definition) is 3. The van der Waals surface area contributed by atoms with Gasteiger partial charge < -0.3 is 9.84 Å². The lowest BCUT2D eigenvalue weighted by Gasteiger charge is -2.07. The third kappa shape index (κ3) is 2.87. The van der Waals surface area contributed by atoms with Gasteiger partial charge in [0.15, 0.2) is 0 Å². The molecule has 0 fully saturated rings. The predicted molar refractivity (Wildman–Crippen MR) is 70.6 cm³/mol. The maximum atomic E-state index is 11.9. The van der Waals surface area contributed by atoms with Gasteiger partial charge in [0, 0.05) is 6.61 Å². The van der Waals surface area contributed by atoms with Crippen molar-refractivity contribution in [2.24, 2.45) is 0 Å². The fraction of sp³-hybridized carbons (Fsp3) is 0.267. The fourth-order valence-electron chi connectivity index (χ4n) is 1.86. The van der Waals surface area contributed by atoms with Gasteiger partial charge in [0.1, 0.15) is 0 Å². The molecule has 0 aromatic heterocycles. The molecule has 0 atom stereocenters. The number of unbranched alkanes of at least 4 members (excludes halogenated alkanes) is 1. The molecule has 2 aromatic carbocycles. The van der Waals surface area contributed by atoms with E-state index in [0.717, 1.165) is 10.8 Å². The zero-order valence-corrected chi connectivity index (χ0v) is 10.1. The van der Waals surface area contributed by atoms with Gasteiger partial charge in [-0.2, -0.15) is 0 Å². The summed E-state index contributed by atoms with van der Waals surface area (Å²) in [6.45, 7) is 0.481. The Kier molecular flexibility index (Phi) is 4.31. The van der Waals surface area contributed by atoms with Crippen LogP contribution >= 0.6 is 0 Å². The molecular weight excluding hydrogens is 228 g/mol. The standard InChI is InChI=1S/C15H16O3/c16-10-3-4-11-18-15(17)14-9-5-7-12-6-1-2-8-13(12)14/h1-2,5-9,16H,3-4,10-11H2. The second kappa shape index (κ2) is 6.17. The van der Waals surface area contributed by atoms with Crippen molar-refractivity contribution in [1.29, 1.82) is 0 Å². The summed E-state index contributed by atoms with van der Waals surface area (Å²) in [7, 11) is 0. The van der Waals surface area contributed by atoms with E-state index in [9.17, 15) is 4.79 Å². The van der Waals surface area contributed by atoms with Crippen LogP contribution in [0.15, 0.2) is 42.5 Å². The summed E-state index contributed by atoms with van der Waals surface area (Å²) in [5.41, 5.74) is 0.595. The number of hydrogen-bond donors (Lipinski definition) is 1. The van der Waals surface area contributed by atoms with Crippen LogP contribution in [0.25, 0.3) is 10.8 Å². The number of aliphatic hydroxyl groups is 1. The van der Waals surface area contributed by atoms with Crippen molar-refractivity contribution in [3.63, 3.8) is 0 Å². The first-order valence-electron chi connectivity index (χ1n) is 6.08. The molecular formula is C15H16O3. The van der Waals surface area contributed by atoms with Crippen LogP contribution in [-0.2, 0) is 4.74 Å². The summed E-state index contributed by atoms with van der Waals surface area (Å²) < 4.78 is 5.19. The van der Waals surface area contributed by atoms with Gasteiger partial charge in [0.05, 0.1) is 12.2 Å². The monoisotopic (exact) mass is 244 g/mol. The Labute approximate surface area is 106 Å². The number of benzene rings is 2. The predicted octanol–water partition coefficient (Wildman–Crippen LogP) is 2.77. The zero-order valence-electron chi connectivity index (χ0n) is 10.1. The minimum atomic E-state index is -0.301. The Morgan fingerprint density at radius 3 is 2.67 bits per heavy atom. The van der Waals surface area contributed by atoms with Crippen molar-refractivity contribution >= 4 is 16.7 Å². The minimum Gasteiger partial charge on any atom is -0.462 e. The molecule has 94 valence electrons. The van der Waals surface area contributed by atoms with Crippen LogP contribution in [0, 0.1) is 0 Å². The summed E-state index contributed by atoms with van der Waals surface area (Å²) in [5, 5.41) is 10.6. The van der Waals surface area contributed by atoms with E-state index in [1.165, 1.54) is 0 Å². The Balaban J connectivity index is 2.13. The second-order valence-electron chi connectivity index (χ2n) is 4.09. The summed E-state index contributed by atoms with van der Waals surface area (Å²) in [4.78, 5) is 11.9. The highest BCUT2D eigenvalue weighted by Crippen LogP contribution is 2.19. The molecule has 3 heteroatoms. The SMILES string of the molecule is O=C(OCCCCO)c1cccc2ccccc12. The molecule has 0 saturated heterocycles. The van der Waals surface area contributed by atoms with Gasteiger partial charge in [-0.15, -0.1) is 0 Å². The van der Waals surface area contributed by atoms with Crippen LogP contribution in [0.3, 0.4) is 0 Å². The minimum absolute atomic E-state index is 0.131. The first-order chi connectivity index (χ1) is 8.83. The molecule has 0 spiro atoms. The average Bonchev–Trinajstić information content (AvgIpc) is 2.43. The first kappa shape index (κ1) is 12.6. The Bertz CT molecular complexity index is 529. The molecule has 0 aliphatic heterocycles. The maximum Gasteiger partial charge on any atom is 0.338 e. The largest absolute Gasteiger partial charge is 0.462 e. The topological polar surface area (TPSA) is 46.5 Å². The van der Waals surface area contributed by atoms with E-state index in [4.69, 9.17) is 9.84 Å². The molecule has 2 aromatic rings. The van der Waals surface area contributed by atoms with E-state index in [-0.39, 0.29) is 12.6 Å². The van der Waals surface area contributed by atoms with Gasteiger partial charge in [-0.3, -0.25) is 0 Å². The number of carbonyl (C=O) groups excluding carboxylic acids is 1. The highest BCUT2D eigenvalue weighted by molar-refractivity contribution is 6.04. The van der Waals surface area contributed by atoms with Gasteiger partial charge in [0.2, 0.25) is 0 Å². The first-order valence-corrected chi connectivity index (χ1v) is 6.08. The maximum absolute atomic E-state index is 11.9. The molecule has 0 radical (unpaired) electrons. The molecule has 3 nitrogen and oxygen atoms in total. The fourth-order valence-corrected chi connectivity index (χ4v) is 1.86. The lowest BCUT2D eigenvalue weighted by Crippen LogP contribution is -2.07. The van der Waals surface area contributed by atoms with E-state index in [1.807, 2.05) is 36.4 Å². The summed E-state index contributed by atoms with van der Waals surface area (Å²) in [5.74, 6) is -0.301. The van der Waals surface area contributed by atoms with Crippen LogP contribution in [0.5, 0.6) is 0 Å². The normalized spacial score (nSPS) is 10.5. The van der Waals surface area contributed by atoms with Crippen LogP contribution in [0.4, 0.5) is 0 Å². The highest BCUT2D eigenvalue weighted by atomic mass is 16.5. The van der Waals surface area contributed by atoms with Crippen molar-refractivity contribution < 1.29 is 14.6 Å². The zero-order chi connectivity index (χ0) is 12.8. The summed E-state index contributed by atoms with van der Waals surface area (Å²) >= 11 is 0. The molecule has 0 unspecified atom stereocenters. The quantitative estimate of drug-likeness (QED) is 0.649. The third-order valence-electron chi connectivity index (χ3n) is 2.80. The van der Waals surface area contributed by atoms with Crippen molar-refractivity contribution in [3.05, 3.63) is 48.0 Å². The van der Waals surface area contributed by atoms with E-state index in [2.05, 4.69) is 0 Å². The number of esters is 1. The van der Waals surface area contributed by atoms with E-state index in [0.29, 0.717) is 25.0 Å². The number of fused-ring (bicyclic) bond motifs is 1. The molecule has 18 heavy (non-hydrogen) atoms. The summed E-state index contributed by atoms with van der Waals surface area (Å²) in [6.07, 6.45) is 1.34. The Hall–Kier alpha value is -1.87. The number of rotatable bonds is 5. The number of ether oxygens (including phenoxy) is 1. The molecule has 2 rings (SSSR count). The van der Waals surface area contributed by atoms with Crippen LogP contribution < -0.4 is 0 Å². The van der Waals surface area contributed by atoms with Gasteiger partial charge in [-0.1, -0.05) is 36.4 Å². The Morgan fingerprint density at radius 2 is 1.83 bits per heavy atom. The molecule has 1 N–H and O–H groups in total. The second-order valence-corrected chi connectivity index (χ2v) is 4.09. The number of aliphatic hydroxyl groups excluding tert-OH is 1. The van der Waals surface area contributed by atoms with Crippen molar-refractivity contribution in [1.82, 2.24) is 0 Å². The van der Waals surface area contributed by atoms with Crippen molar-refractivity contribution in [2.45, 2.75) is 12.8 Å². The third-order valence-corrected chi connectivity index (χ3v) is 2.80. The van der Waals surface area contributed by atoms with E-state index >= 15 is 0 Å². The van der Waals surface area contributed by atoms with Crippen LogP contribution in [0.1, 0.15) is 23.2 Å². The van der Waals surface area contributed by atoms with Gasteiger partial charge in [-0.25, -0.2) is 4.79 Å². The van der Waals surface area contributed by atoms with Gasteiger partial charge in [0.25, 0.3) is 0 Å². The molecule has 0 heterocycles. The van der Waals surface area contributed by atoms with Crippen LogP contribution in [-0.4, -0.2) is 24.3 Å². The van der Waals surface area contributed by atoms with E-state index < -0.39 is 0 Å².